The Hall–Kier alpha value is -3.69. The number of nitrogens with zero attached hydrogens (tertiary/aromatic N) is 1. The Labute approximate surface area is 192 Å². The summed E-state index contributed by atoms with van der Waals surface area (Å²) >= 11 is 0. The fourth-order valence-corrected chi connectivity index (χ4v) is 3.74. The number of carbonyl (C=O) groups excluding carboxylic acids is 2. The molecule has 0 saturated heterocycles. The van der Waals surface area contributed by atoms with E-state index in [1.165, 1.54) is 38.4 Å². The fourth-order valence-electron chi connectivity index (χ4n) is 2.79. The van der Waals surface area contributed by atoms with Gasteiger partial charge < -0.3 is 14.8 Å². The smallest absolute Gasteiger partial charge is 0.338 e. The van der Waals surface area contributed by atoms with Crippen LogP contribution < -0.4 is 10.1 Å². The van der Waals surface area contributed by atoms with Gasteiger partial charge in [-0.3, -0.25) is 4.79 Å². The van der Waals surface area contributed by atoms with E-state index in [4.69, 9.17) is 9.47 Å². The van der Waals surface area contributed by atoms with Crippen LogP contribution >= 0.6 is 0 Å². The molecule has 1 amide bonds. The molecule has 3 rings (SSSR count). The van der Waals surface area contributed by atoms with E-state index in [0.717, 1.165) is 9.87 Å². The van der Waals surface area contributed by atoms with Crippen molar-refractivity contribution in [3.63, 3.8) is 0 Å². The molecule has 8 nitrogen and oxygen atoms in total. The van der Waals surface area contributed by atoms with Gasteiger partial charge in [-0.2, -0.15) is 0 Å². The topological polar surface area (TPSA) is 102 Å². The van der Waals surface area contributed by atoms with Crippen molar-refractivity contribution in [2.75, 3.05) is 26.0 Å². The number of sulfonamides is 1. The van der Waals surface area contributed by atoms with E-state index in [-0.39, 0.29) is 10.5 Å². The first-order valence-electron chi connectivity index (χ1n) is 10.00. The minimum absolute atomic E-state index is 0.0221. The Morgan fingerprint density at radius 3 is 2.33 bits per heavy atom. The van der Waals surface area contributed by atoms with Gasteiger partial charge in [-0.15, -0.1) is 0 Å². The van der Waals surface area contributed by atoms with Crippen molar-refractivity contribution in [1.82, 2.24) is 4.31 Å². The predicted octanol–water partition coefficient (Wildman–Crippen LogP) is 3.83. The van der Waals surface area contributed by atoms with Gasteiger partial charge in [-0.25, -0.2) is 17.5 Å². The number of nitrogens with one attached hydrogen (secondary N) is 1. The predicted molar refractivity (Wildman–Crippen MR) is 124 cm³/mol. The lowest BCUT2D eigenvalue weighted by Crippen LogP contribution is -2.23. The molecule has 1 N–H and O–H groups in total. The molecule has 33 heavy (non-hydrogen) atoms. The van der Waals surface area contributed by atoms with Crippen molar-refractivity contribution >= 4 is 27.6 Å². The minimum atomic E-state index is -3.71. The summed E-state index contributed by atoms with van der Waals surface area (Å²) in [5.74, 6) is -0.338. The maximum Gasteiger partial charge on any atom is 0.338 e. The molecular formula is C24H24N2O6S. The lowest BCUT2D eigenvalue weighted by atomic mass is 10.2. The summed E-state index contributed by atoms with van der Waals surface area (Å²) in [6, 6.07) is 19.8. The summed E-state index contributed by atoms with van der Waals surface area (Å²) in [6.45, 7) is 1.42. The number of amides is 1. The lowest BCUT2D eigenvalue weighted by Gasteiger charge is -2.13. The highest BCUT2D eigenvalue weighted by Crippen LogP contribution is 2.29. The molecule has 0 radical (unpaired) electrons. The Morgan fingerprint density at radius 1 is 0.939 bits per heavy atom. The number of ether oxygens (including phenoxy) is 2. The molecule has 0 aliphatic heterocycles. The van der Waals surface area contributed by atoms with Crippen LogP contribution in [0.5, 0.6) is 11.5 Å². The van der Waals surface area contributed by atoms with Crippen LogP contribution in [0.3, 0.4) is 0 Å². The second-order valence-corrected chi connectivity index (χ2v) is 9.50. The molecule has 172 valence electrons. The van der Waals surface area contributed by atoms with E-state index in [0.29, 0.717) is 17.2 Å². The van der Waals surface area contributed by atoms with Gasteiger partial charge in [0.05, 0.1) is 16.1 Å². The molecule has 3 aromatic rings. The van der Waals surface area contributed by atoms with Crippen LogP contribution in [0, 0.1) is 6.92 Å². The van der Waals surface area contributed by atoms with Crippen molar-refractivity contribution in [3.05, 3.63) is 83.9 Å². The van der Waals surface area contributed by atoms with E-state index in [1.807, 2.05) is 31.2 Å². The number of esters is 1. The molecule has 3 aromatic carbocycles. The normalized spacial score (nSPS) is 11.2. The van der Waals surface area contributed by atoms with Crippen LogP contribution in [0.2, 0.25) is 0 Å². The molecule has 0 atom stereocenters. The molecule has 0 heterocycles. The lowest BCUT2D eigenvalue weighted by molar-refractivity contribution is -0.119. The van der Waals surface area contributed by atoms with Crippen LogP contribution in [0.4, 0.5) is 5.69 Å². The van der Waals surface area contributed by atoms with Crippen LogP contribution in [-0.2, 0) is 19.6 Å². The van der Waals surface area contributed by atoms with Crippen molar-refractivity contribution < 1.29 is 27.5 Å². The number of benzene rings is 3. The second-order valence-electron chi connectivity index (χ2n) is 7.35. The first kappa shape index (κ1) is 24.0. The highest BCUT2D eigenvalue weighted by Gasteiger charge is 2.20. The van der Waals surface area contributed by atoms with E-state index in [2.05, 4.69) is 5.32 Å². The van der Waals surface area contributed by atoms with Gasteiger partial charge in [0.15, 0.2) is 12.4 Å². The Morgan fingerprint density at radius 2 is 1.64 bits per heavy atom. The molecule has 0 unspecified atom stereocenters. The fraction of sp³-hybridized carbons (Fsp3) is 0.167. The second kappa shape index (κ2) is 10.3. The highest BCUT2D eigenvalue weighted by molar-refractivity contribution is 7.89. The van der Waals surface area contributed by atoms with Gasteiger partial charge in [0.2, 0.25) is 10.0 Å². The number of hydrogen-bond donors (Lipinski definition) is 1. The first-order valence-corrected chi connectivity index (χ1v) is 11.4. The van der Waals surface area contributed by atoms with Crippen LogP contribution in [0.15, 0.2) is 77.7 Å². The summed E-state index contributed by atoms with van der Waals surface area (Å²) in [5, 5.41) is 2.66. The van der Waals surface area contributed by atoms with E-state index in [9.17, 15) is 18.0 Å². The highest BCUT2D eigenvalue weighted by atomic mass is 32.2. The summed E-state index contributed by atoms with van der Waals surface area (Å²) in [6.07, 6.45) is 0. The standard InChI is InChI=1S/C24H24N2O6S/c1-17-11-13-19(14-12-17)32-22-10-5-4-9-21(22)25-23(27)16-31-24(28)18-7-6-8-20(15-18)33(29,30)26(2)3/h4-15H,16H2,1-3H3,(H,25,27). The van der Waals surface area contributed by atoms with Crippen molar-refractivity contribution in [2.24, 2.45) is 0 Å². The summed E-state index contributed by atoms with van der Waals surface area (Å²) in [7, 11) is -0.918. The molecule has 0 bridgehead atoms. The maximum atomic E-state index is 12.4. The van der Waals surface area contributed by atoms with Gasteiger partial charge in [-0.1, -0.05) is 35.9 Å². The quantitative estimate of drug-likeness (QED) is 0.504. The van der Waals surface area contributed by atoms with Crippen molar-refractivity contribution in [2.45, 2.75) is 11.8 Å². The van der Waals surface area contributed by atoms with Gasteiger partial charge in [-0.05, 0) is 49.4 Å². The third-order valence-corrected chi connectivity index (χ3v) is 6.40. The zero-order chi connectivity index (χ0) is 24.0. The average Bonchev–Trinajstić information content (AvgIpc) is 2.80. The van der Waals surface area contributed by atoms with Gasteiger partial charge in [0.1, 0.15) is 5.75 Å². The minimum Gasteiger partial charge on any atom is -0.455 e. The van der Waals surface area contributed by atoms with E-state index < -0.39 is 28.5 Å². The number of anilines is 1. The van der Waals surface area contributed by atoms with E-state index in [1.54, 1.807) is 24.3 Å². The van der Waals surface area contributed by atoms with Crippen LogP contribution in [0.1, 0.15) is 15.9 Å². The maximum absolute atomic E-state index is 12.4. The molecular weight excluding hydrogens is 444 g/mol. The zero-order valence-electron chi connectivity index (χ0n) is 18.4. The molecule has 0 spiro atoms. The van der Waals surface area contributed by atoms with E-state index >= 15 is 0 Å². The Bertz CT molecular complexity index is 1250. The Balaban J connectivity index is 1.63. The van der Waals surface area contributed by atoms with Gasteiger partial charge in [0, 0.05) is 14.1 Å². The summed E-state index contributed by atoms with van der Waals surface area (Å²) in [5.41, 5.74) is 1.53. The molecule has 9 heteroatoms. The molecule has 0 aliphatic carbocycles. The first-order chi connectivity index (χ1) is 15.7. The average molecular weight is 469 g/mol. The number of carbonyl (C=O) groups is 2. The third kappa shape index (κ3) is 6.18. The summed E-state index contributed by atoms with van der Waals surface area (Å²) < 4.78 is 36.5. The zero-order valence-corrected chi connectivity index (χ0v) is 19.3. The van der Waals surface area contributed by atoms with Crippen molar-refractivity contribution in [1.29, 1.82) is 0 Å². The molecule has 0 fully saturated rings. The Kier molecular flexibility index (Phi) is 7.47. The number of aryl methyl sites for hydroxylation is 1. The monoisotopic (exact) mass is 468 g/mol. The van der Waals surface area contributed by atoms with Crippen LogP contribution in [-0.4, -0.2) is 45.3 Å². The molecule has 0 aromatic heterocycles. The summed E-state index contributed by atoms with van der Waals surface area (Å²) in [4.78, 5) is 24.7. The van der Waals surface area contributed by atoms with Gasteiger partial charge >= 0.3 is 5.97 Å². The number of para-hydroxylation sites is 2. The number of hydrogen-bond acceptors (Lipinski definition) is 6. The number of rotatable bonds is 8. The molecule has 0 aliphatic rings. The third-order valence-electron chi connectivity index (χ3n) is 4.59. The van der Waals surface area contributed by atoms with Gasteiger partial charge in [0.25, 0.3) is 5.91 Å². The van der Waals surface area contributed by atoms with Crippen LogP contribution in [0.25, 0.3) is 0 Å². The molecule has 0 saturated carbocycles. The van der Waals surface area contributed by atoms with Crippen molar-refractivity contribution in [3.8, 4) is 11.5 Å². The SMILES string of the molecule is Cc1ccc(Oc2ccccc2NC(=O)COC(=O)c2cccc(S(=O)(=O)N(C)C)c2)cc1. The largest absolute Gasteiger partial charge is 0.455 e.